The number of carbonyl (C=O) groups is 2. The smallest absolute Gasteiger partial charge is 0.398 e. The average Bonchev–Trinajstić information content (AvgIpc) is 2.31. The first-order valence-corrected chi connectivity index (χ1v) is 9.58. The third-order valence-electron chi connectivity index (χ3n) is 2.61. The van der Waals surface area contributed by atoms with Gasteiger partial charge in [-0.2, -0.15) is 13.2 Å². The second-order valence-electron chi connectivity index (χ2n) is 6.48. The molecule has 11 heteroatoms. The zero-order chi connectivity index (χ0) is 20.1. The second-order valence-corrected chi connectivity index (χ2v) is 8.99. The first-order valence-electron chi connectivity index (χ1n) is 7.20. The summed E-state index contributed by atoms with van der Waals surface area (Å²) in [6, 6.07) is 0. The second kappa shape index (κ2) is 9.29. The van der Waals surface area contributed by atoms with E-state index in [0.29, 0.717) is 17.7 Å². The molecule has 0 bridgehead atoms. The van der Waals surface area contributed by atoms with Crippen molar-refractivity contribution < 1.29 is 41.4 Å². The zero-order valence-corrected chi connectivity index (χ0v) is 15.8. The summed E-state index contributed by atoms with van der Waals surface area (Å²) < 4.78 is 67.9. The maximum absolute atomic E-state index is 13.0. The van der Waals surface area contributed by atoms with Crippen LogP contribution < -0.4 is 0 Å². The van der Waals surface area contributed by atoms with Crippen molar-refractivity contribution in [2.24, 2.45) is 5.92 Å². The molecule has 0 aliphatic heterocycles. The molecule has 0 amide bonds. The molecule has 2 unspecified atom stereocenters. The van der Waals surface area contributed by atoms with E-state index in [9.17, 15) is 36.6 Å². The number of carboxylic acids is 1. The first kappa shape index (κ1) is 24.3. The van der Waals surface area contributed by atoms with E-state index in [0.717, 1.165) is 0 Å². The van der Waals surface area contributed by atoms with Gasteiger partial charge in [0.15, 0.2) is 0 Å². The Bertz CT molecular complexity index is 458. The van der Waals surface area contributed by atoms with Gasteiger partial charge in [-0.15, -0.1) is 0 Å². The zero-order valence-electron chi connectivity index (χ0n) is 14.2. The monoisotopic (exact) mass is 412 g/mol. The molecular formula is C14H21F5O4S2. The van der Waals surface area contributed by atoms with Crippen LogP contribution >= 0.6 is 21.6 Å². The molecule has 0 aromatic carbocycles. The minimum atomic E-state index is -4.51. The van der Waals surface area contributed by atoms with E-state index in [2.05, 4.69) is 0 Å². The number of carbonyl (C=O) groups excluding carboxylic acids is 1. The van der Waals surface area contributed by atoms with Crippen molar-refractivity contribution in [1.82, 2.24) is 0 Å². The van der Waals surface area contributed by atoms with E-state index < -0.39 is 59.4 Å². The van der Waals surface area contributed by atoms with Crippen LogP contribution in [0.3, 0.4) is 0 Å². The van der Waals surface area contributed by atoms with Gasteiger partial charge in [0.25, 0.3) is 0 Å². The average molecular weight is 412 g/mol. The molecular weight excluding hydrogens is 391 g/mol. The molecule has 2 atom stereocenters. The number of carboxylic acid groups (broad SMARTS) is 1. The van der Waals surface area contributed by atoms with Gasteiger partial charge in [-0.25, -0.2) is 8.78 Å². The SMILES string of the molecule is CC(F)(F)CCC(C(=O)O)C(SSCC(F)(F)F)C(=O)OC(C)(C)C. The van der Waals surface area contributed by atoms with Gasteiger partial charge in [0.2, 0.25) is 5.92 Å². The fraction of sp³-hybridized carbons (Fsp3) is 0.857. The Balaban J connectivity index is 5.26. The molecule has 0 aromatic heterocycles. The van der Waals surface area contributed by atoms with Crippen LogP contribution in [-0.4, -0.2) is 45.7 Å². The summed E-state index contributed by atoms with van der Waals surface area (Å²) in [5.74, 6) is -8.64. The van der Waals surface area contributed by atoms with Gasteiger partial charge < -0.3 is 9.84 Å². The molecule has 0 aliphatic carbocycles. The predicted octanol–water partition coefficient (Wildman–Crippen LogP) is 4.78. The molecule has 25 heavy (non-hydrogen) atoms. The Morgan fingerprint density at radius 3 is 1.96 bits per heavy atom. The highest BCUT2D eigenvalue weighted by molar-refractivity contribution is 8.77. The van der Waals surface area contributed by atoms with Crippen LogP contribution in [0.25, 0.3) is 0 Å². The lowest BCUT2D eigenvalue weighted by Gasteiger charge is -2.27. The normalized spacial score (nSPS) is 15.6. The summed E-state index contributed by atoms with van der Waals surface area (Å²) in [5.41, 5.74) is -0.998. The number of esters is 1. The van der Waals surface area contributed by atoms with Crippen molar-refractivity contribution in [3.05, 3.63) is 0 Å². The van der Waals surface area contributed by atoms with E-state index >= 15 is 0 Å². The van der Waals surface area contributed by atoms with Gasteiger partial charge in [-0.1, -0.05) is 21.6 Å². The molecule has 0 heterocycles. The quantitative estimate of drug-likeness (QED) is 0.334. The number of alkyl halides is 5. The van der Waals surface area contributed by atoms with E-state index in [1.807, 2.05) is 0 Å². The van der Waals surface area contributed by atoms with Gasteiger partial charge in [0.1, 0.15) is 10.9 Å². The van der Waals surface area contributed by atoms with Gasteiger partial charge in [0.05, 0.1) is 11.7 Å². The van der Waals surface area contributed by atoms with E-state index in [1.54, 1.807) is 0 Å². The number of hydrogen-bond acceptors (Lipinski definition) is 5. The van der Waals surface area contributed by atoms with Crippen molar-refractivity contribution >= 4 is 33.5 Å². The van der Waals surface area contributed by atoms with Crippen LogP contribution in [0, 0.1) is 5.92 Å². The standard InChI is InChI=1S/C14H21F5O4S2/c1-12(2,3)23-11(22)9(25-24-7-14(17,18)19)8(10(20)21)5-6-13(4,15)16/h8-9H,5-7H2,1-4H3,(H,20,21). The maximum atomic E-state index is 13.0. The Hall–Kier alpha value is -0.710. The maximum Gasteiger partial charge on any atom is 0.398 e. The third-order valence-corrected chi connectivity index (χ3v) is 5.30. The van der Waals surface area contributed by atoms with Crippen molar-refractivity contribution in [3.63, 3.8) is 0 Å². The molecule has 0 aliphatic rings. The molecule has 0 spiro atoms. The molecule has 1 N–H and O–H groups in total. The van der Waals surface area contributed by atoms with Crippen molar-refractivity contribution in [1.29, 1.82) is 0 Å². The molecule has 4 nitrogen and oxygen atoms in total. The molecule has 148 valence electrons. The van der Waals surface area contributed by atoms with E-state index in [1.165, 1.54) is 20.8 Å². The van der Waals surface area contributed by atoms with Crippen LogP contribution in [0.2, 0.25) is 0 Å². The Morgan fingerprint density at radius 2 is 1.60 bits per heavy atom. The summed E-state index contributed by atoms with van der Waals surface area (Å²) in [4.78, 5) is 23.6. The highest BCUT2D eigenvalue weighted by Gasteiger charge is 2.40. The number of ether oxygens (including phenoxy) is 1. The lowest BCUT2D eigenvalue weighted by molar-refractivity contribution is -0.159. The number of rotatable bonds is 9. The van der Waals surface area contributed by atoms with Crippen molar-refractivity contribution in [2.45, 2.75) is 63.5 Å². The molecule has 0 radical (unpaired) electrons. The highest BCUT2D eigenvalue weighted by Crippen LogP contribution is 2.39. The molecule has 0 saturated heterocycles. The van der Waals surface area contributed by atoms with Crippen LogP contribution in [0.1, 0.15) is 40.5 Å². The summed E-state index contributed by atoms with van der Waals surface area (Å²) in [5, 5.41) is 7.71. The fourth-order valence-electron chi connectivity index (χ4n) is 1.62. The lowest BCUT2D eigenvalue weighted by Crippen LogP contribution is -2.38. The molecule has 0 rings (SSSR count). The Kier molecular flexibility index (Phi) is 9.03. The summed E-state index contributed by atoms with van der Waals surface area (Å²) in [6.07, 6.45) is -5.89. The van der Waals surface area contributed by atoms with Crippen LogP contribution in [-0.2, 0) is 14.3 Å². The topological polar surface area (TPSA) is 63.6 Å². The Labute approximate surface area is 150 Å². The number of halogens is 5. The lowest BCUT2D eigenvalue weighted by atomic mass is 9.97. The van der Waals surface area contributed by atoms with Crippen LogP contribution in [0.5, 0.6) is 0 Å². The van der Waals surface area contributed by atoms with Gasteiger partial charge in [0, 0.05) is 6.42 Å². The minimum absolute atomic E-state index is 0.242. The van der Waals surface area contributed by atoms with Gasteiger partial charge in [-0.3, -0.25) is 9.59 Å². The fourth-order valence-corrected chi connectivity index (χ4v) is 4.16. The van der Waals surface area contributed by atoms with Gasteiger partial charge >= 0.3 is 18.1 Å². The summed E-state index contributed by atoms with van der Waals surface area (Å²) >= 11 is 0. The minimum Gasteiger partial charge on any atom is -0.481 e. The number of aliphatic carboxylic acids is 1. The van der Waals surface area contributed by atoms with Crippen molar-refractivity contribution in [2.75, 3.05) is 5.75 Å². The number of hydrogen-bond donors (Lipinski definition) is 1. The first-order chi connectivity index (χ1) is 11.0. The summed E-state index contributed by atoms with van der Waals surface area (Å²) in [6.45, 7) is 5.11. The molecule has 0 saturated carbocycles. The Morgan fingerprint density at radius 1 is 1.08 bits per heavy atom. The molecule has 0 aromatic rings. The third kappa shape index (κ3) is 12.3. The highest BCUT2D eigenvalue weighted by atomic mass is 33.1. The van der Waals surface area contributed by atoms with Crippen molar-refractivity contribution in [3.8, 4) is 0 Å². The van der Waals surface area contributed by atoms with E-state index in [4.69, 9.17) is 4.74 Å². The largest absolute Gasteiger partial charge is 0.481 e. The van der Waals surface area contributed by atoms with E-state index in [-0.39, 0.29) is 10.8 Å². The van der Waals surface area contributed by atoms with Crippen LogP contribution in [0.4, 0.5) is 22.0 Å². The summed E-state index contributed by atoms with van der Waals surface area (Å²) in [7, 11) is 0.622. The van der Waals surface area contributed by atoms with Crippen LogP contribution in [0.15, 0.2) is 0 Å². The molecule has 0 fully saturated rings. The van der Waals surface area contributed by atoms with Gasteiger partial charge in [-0.05, 0) is 34.1 Å². The predicted molar refractivity (Wildman–Crippen MR) is 86.7 cm³/mol.